The lowest BCUT2D eigenvalue weighted by molar-refractivity contribution is -0.137. The number of nitrogens with zero attached hydrogens (tertiary/aromatic N) is 3. The van der Waals surface area contributed by atoms with E-state index in [9.17, 15) is 18.0 Å². The van der Waals surface area contributed by atoms with E-state index in [0.717, 1.165) is 43.6 Å². The highest BCUT2D eigenvalue weighted by atomic mass is 35.5. The highest BCUT2D eigenvalue weighted by molar-refractivity contribution is 5.90. The van der Waals surface area contributed by atoms with E-state index in [1.807, 2.05) is 6.07 Å². The molecule has 1 amide bonds. The van der Waals surface area contributed by atoms with E-state index in [1.165, 1.54) is 6.20 Å². The Morgan fingerprint density at radius 3 is 2.55 bits per heavy atom. The van der Waals surface area contributed by atoms with Crippen molar-refractivity contribution >= 4 is 42.3 Å². The number of amides is 1. The van der Waals surface area contributed by atoms with E-state index >= 15 is 0 Å². The standard InChI is InChI=1S/C20H21F3N4O2.2ClH/c21-20(22,23)15-8-16(11-25-10-15)26-9-14-3-5-19(6-4-14)13-27(18(28)29-19)17-2-1-7-24-12-17;;/h1-2,7-8,10-12,14,26H,3-6,9,13H2;2*1H. The van der Waals surface area contributed by atoms with Gasteiger partial charge in [-0.1, -0.05) is 0 Å². The molecule has 1 saturated heterocycles. The zero-order chi connectivity index (χ0) is 20.5. The van der Waals surface area contributed by atoms with Gasteiger partial charge in [0, 0.05) is 25.1 Å². The quantitative estimate of drug-likeness (QED) is 0.642. The first-order valence-electron chi connectivity index (χ1n) is 9.51. The number of pyridine rings is 2. The van der Waals surface area contributed by atoms with Gasteiger partial charge < -0.3 is 10.1 Å². The second-order valence-corrected chi connectivity index (χ2v) is 7.63. The Hall–Kier alpha value is -2.26. The zero-order valence-corrected chi connectivity index (χ0v) is 18.1. The van der Waals surface area contributed by atoms with Crippen molar-refractivity contribution in [2.45, 2.75) is 37.5 Å². The van der Waals surface area contributed by atoms with Gasteiger partial charge in [0.05, 0.1) is 29.7 Å². The van der Waals surface area contributed by atoms with E-state index in [-0.39, 0.29) is 30.9 Å². The number of ether oxygens (including phenoxy) is 1. The van der Waals surface area contributed by atoms with E-state index in [2.05, 4.69) is 15.3 Å². The van der Waals surface area contributed by atoms with Crippen molar-refractivity contribution in [3.8, 4) is 0 Å². The van der Waals surface area contributed by atoms with Gasteiger partial charge in [-0.3, -0.25) is 14.9 Å². The molecule has 1 aliphatic carbocycles. The van der Waals surface area contributed by atoms with Crippen molar-refractivity contribution in [2.24, 2.45) is 5.92 Å². The van der Waals surface area contributed by atoms with Crippen molar-refractivity contribution in [1.82, 2.24) is 9.97 Å². The van der Waals surface area contributed by atoms with Gasteiger partial charge in [0.15, 0.2) is 0 Å². The summed E-state index contributed by atoms with van der Waals surface area (Å²) in [5.74, 6) is 0.293. The fourth-order valence-corrected chi connectivity index (χ4v) is 3.96. The molecule has 2 aromatic rings. The number of carbonyl (C=O) groups excluding carboxylic acids is 1. The molecular weight excluding hydrogens is 456 g/mol. The summed E-state index contributed by atoms with van der Waals surface area (Å²) in [5.41, 5.74) is -0.190. The van der Waals surface area contributed by atoms with Gasteiger partial charge in [-0.15, -0.1) is 24.8 Å². The molecule has 0 radical (unpaired) electrons. The van der Waals surface area contributed by atoms with Crippen LogP contribution < -0.4 is 10.2 Å². The summed E-state index contributed by atoms with van der Waals surface area (Å²) in [6.07, 6.45) is 3.84. The fourth-order valence-electron chi connectivity index (χ4n) is 3.96. The van der Waals surface area contributed by atoms with Crippen LogP contribution >= 0.6 is 24.8 Å². The summed E-state index contributed by atoms with van der Waals surface area (Å²) in [6, 6.07) is 4.67. The molecule has 0 aromatic carbocycles. The van der Waals surface area contributed by atoms with E-state index < -0.39 is 17.3 Å². The molecule has 0 unspecified atom stereocenters. The first-order chi connectivity index (χ1) is 13.8. The third-order valence-electron chi connectivity index (χ3n) is 5.60. The van der Waals surface area contributed by atoms with Gasteiger partial charge in [0.1, 0.15) is 5.60 Å². The predicted molar refractivity (Wildman–Crippen MR) is 115 cm³/mol. The van der Waals surface area contributed by atoms with Crippen LogP contribution in [0.25, 0.3) is 0 Å². The number of rotatable bonds is 4. The lowest BCUT2D eigenvalue weighted by Gasteiger charge is -2.35. The van der Waals surface area contributed by atoms with Crippen molar-refractivity contribution < 1.29 is 22.7 Å². The third-order valence-corrected chi connectivity index (χ3v) is 5.60. The molecule has 170 valence electrons. The molecule has 2 aromatic heterocycles. The van der Waals surface area contributed by atoms with Crippen LogP contribution in [0.5, 0.6) is 0 Å². The molecular formula is C20H23Cl2F3N4O2. The molecule has 6 nitrogen and oxygen atoms in total. The van der Waals surface area contributed by atoms with E-state index in [0.29, 0.717) is 24.7 Å². The van der Waals surface area contributed by atoms with Gasteiger partial charge in [-0.05, 0) is 49.8 Å². The highest BCUT2D eigenvalue weighted by Gasteiger charge is 2.47. The van der Waals surface area contributed by atoms with Gasteiger partial charge in [-0.2, -0.15) is 13.2 Å². The smallest absolute Gasteiger partial charge is 0.417 e. The molecule has 0 atom stereocenters. The lowest BCUT2D eigenvalue weighted by Crippen LogP contribution is -2.39. The molecule has 3 heterocycles. The summed E-state index contributed by atoms with van der Waals surface area (Å²) in [7, 11) is 0. The molecule has 1 saturated carbocycles. The molecule has 0 bridgehead atoms. The summed E-state index contributed by atoms with van der Waals surface area (Å²) >= 11 is 0. The molecule has 11 heteroatoms. The molecule has 2 aliphatic rings. The summed E-state index contributed by atoms with van der Waals surface area (Å²) < 4.78 is 44.1. The first kappa shape index (κ1) is 25.0. The third kappa shape index (κ3) is 5.71. The number of hydrogen-bond acceptors (Lipinski definition) is 5. The minimum atomic E-state index is -4.41. The Labute approximate surface area is 190 Å². The number of halogens is 5. The highest BCUT2D eigenvalue weighted by Crippen LogP contribution is 2.40. The maximum Gasteiger partial charge on any atom is 0.417 e. The Bertz CT molecular complexity index is 878. The number of nitrogens with one attached hydrogen (secondary N) is 1. The first-order valence-corrected chi connectivity index (χ1v) is 9.51. The van der Waals surface area contributed by atoms with Gasteiger partial charge in [-0.25, -0.2) is 4.79 Å². The Balaban J connectivity index is 0.00000171. The molecule has 1 N–H and O–H groups in total. The number of alkyl halides is 3. The van der Waals surface area contributed by atoms with Crippen LogP contribution in [0.4, 0.5) is 29.3 Å². The van der Waals surface area contributed by atoms with Crippen molar-refractivity contribution in [3.05, 3.63) is 48.5 Å². The number of carbonyl (C=O) groups is 1. The summed E-state index contributed by atoms with van der Waals surface area (Å²) in [6.45, 7) is 1.05. The average Bonchev–Trinajstić information content (AvgIpc) is 3.04. The topological polar surface area (TPSA) is 67.3 Å². The maximum absolute atomic E-state index is 12.8. The SMILES string of the molecule is Cl.Cl.O=C1OC2(CCC(CNc3cncc(C(F)(F)F)c3)CC2)CN1c1cccnc1. The Morgan fingerprint density at radius 2 is 1.90 bits per heavy atom. The van der Waals surface area contributed by atoms with Crippen molar-refractivity contribution in [1.29, 1.82) is 0 Å². The number of anilines is 2. The molecule has 31 heavy (non-hydrogen) atoms. The minimum Gasteiger partial charge on any atom is -0.441 e. The summed E-state index contributed by atoms with van der Waals surface area (Å²) in [5, 5.41) is 3.06. The van der Waals surface area contributed by atoms with Crippen molar-refractivity contribution in [3.63, 3.8) is 0 Å². The van der Waals surface area contributed by atoms with Gasteiger partial charge >= 0.3 is 12.3 Å². The zero-order valence-electron chi connectivity index (χ0n) is 16.5. The predicted octanol–water partition coefficient (Wildman–Crippen LogP) is 5.34. The Morgan fingerprint density at radius 1 is 1.16 bits per heavy atom. The van der Waals surface area contributed by atoms with E-state index in [1.54, 1.807) is 23.4 Å². The molecule has 1 aliphatic heterocycles. The van der Waals surface area contributed by atoms with Crippen LogP contribution in [0.2, 0.25) is 0 Å². The fraction of sp³-hybridized carbons (Fsp3) is 0.450. The largest absolute Gasteiger partial charge is 0.441 e. The average molecular weight is 479 g/mol. The molecule has 1 spiro atoms. The number of hydrogen-bond donors (Lipinski definition) is 1. The van der Waals surface area contributed by atoms with Crippen LogP contribution in [0.15, 0.2) is 43.0 Å². The second kappa shape index (κ2) is 9.91. The maximum atomic E-state index is 12.8. The van der Waals surface area contributed by atoms with Crippen LogP contribution in [0.1, 0.15) is 31.2 Å². The molecule has 4 rings (SSSR count). The minimum absolute atomic E-state index is 0. The van der Waals surface area contributed by atoms with Crippen LogP contribution in [0.3, 0.4) is 0 Å². The monoisotopic (exact) mass is 478 g/mol. The van der Waals surface area contributed by atoms with E-state index in [4.69, 9.17) is 4.74 Å². The van der Waals surface area contributed by atoms with Crippen molar-refractivity contribution in [2.75, 3.05) is 23.3 Å². The van der Waals surface area contributed by atoms with Crippen LogP contribution in [-0.2, 0) is 10.9 Å². The van der Waals surface area contributed by atoms with Crippen LogP contribution in [-0.4, -0.2) is 34.8 Å². The summed E-state index contributed by atoms with van der Waals surface area (Å²) in [4.78, 5) is 21.6. The second-order valence-electron chi connectivity index (χ2n) is 7.63. The Kier molecular flexibility index (Phi) is 7.99. The van der Waals surface area contributed by atoms with Gasteiger partial charge in [0.25, 0.3) is 0 Å². The number of aromatic nitrogens is 2. The normalized spacial score (nSPS) is 23.0. The van der Waals surface area contributed by atoms with Crippen LogP contribution in [0, 0.1) is 5.92 Å². The lowest BCUT2D eigenvalue weighted by atomic mass is 9.78. The van der Waals surface area contributed by atoms with Gasteiger partial charge in [0.2, 0.25) is 0 Å². The molecule has 2 fully saturated rings.